The predicted octanol–water partition coefficient (Wildman–Crippen LogP) is 5.94. The minimum Gasteiger partial charge on any atom is -0.461 e. The topological polar surface area (TPSA) is 63.2 Å². The lowest BCUT2D eigenvalue weighted by molar-refractivity contribution is -0.274. The Bertz CT molecular complexity index is 1090. The van der Waals surface area contributed by atoms with Crippen LogP contribution in [0.5, 0.6) is 5.75 Å². The molecule has 0 bridgehead atoms. The van der Waals surface area contributed by atoms with Crippen LogP contribution < -0.4 is 4.74 Å². The van der Waals surface area contributed by atoms with Crippen molar-refractivity contribution in [2.75, 3.05) is 0 Å². The van der Waals surface area contributed by atoms with Gasteiger partial charge in [-0.1, -0.05) is 42.5 Å². The van der Waals surface area contributed by atoms with E-state index in [0.717, 1.165) is 17.7 Å². The molecule has 1 heterocycles. The summed E-state index contributed by atoms with van der Waals surface area (Å²) in [6.45, 7) is 1.62. The van der Waals surface area contributed by atoms with Crippen LogP contribution in [0.25, 0.3) is 17.4 Å². The third-order valence-electron chi connectivity index (χ3n) is 4.01. The van der Waals surface area contributed by atoms with Crippen LogP contribution in [0.15, 0.2) is 70.7 Å². The highest BCUT2D eigenvalue weighted by molar-refractivity contribution is 6.15. The van der Waals surface area contributed by atoms with Gasteiger partial charge < -0.3 is 9.15 Å². The number of allylic oxidation sites excluding steroid dienone is 1. The Kier molecular flexibility index (Phi) is 5.55. The number of ketones is 1. The van der Waals surface area contributed by atoms with Gasteiger partial charge in [0.25, 0.3) is 0 Å². The quantitative estimate of drug-likeness (QED) is 0.303. The zero-order valence-corrected chi connectivity index (χ0v) is 15.2. The van der Waals surface area contributed by atoms with Crippen molar-refractivity contribution in [3.8, 4) is 23.1 Å². The third-order valence-corrected chi connectivity index (χ3v) is 4.01. The molecule has 0 unspecified atom stereocenters. The molecule has 0 aliphatic rings. The van der Waals surface area contributed by atoms with Gasteiger partial charge in [0.2, 0.25) is 5.78 Å². The summed E-state index contributed by atoms with van der Waals surface area (Å²) in [6, 6.07) is 17.4. The lowest BCUT2D eigenvalue weighted by atomic mass is 10.0. The summed E-state index contributed by atoms with van der Waals surface area (Å²) in [6.07, 6.45) is -3.49. The van der Waals surface area contributed by atoms with Gasteiger partial charge in [-0.25, -0.2) is 0 Å². The summed E-state index contributed by atoms with van der Waals surface area (Å²) in [7, 11) is 0. The van der Waals surface area contributed by atoms with Crippen molar-refractivity contribution >= 4 is 11.9 Å². The van der Waals surface area contributed by atoms with E-state index in [-0.39, 0.29) is 11.1 Å². The molecular formula is C22H14F3NO3. The first-order valence-electron chi connectivity index (χ1n) is 8.45. The van der Waals surface area contributed by atoms with Crippen molar-refractivity contribution in [2.45, 2.75) is 13.3 Å². The highest BCUT2D eigenvalue weighted by atomic mass is 19.4. The predicted molar refractivity (Wildman–Crippen MR) is 99.9 cm³/mol. The van der Waals surface area contributed by atoms with Crippen LogP contribution in [-0.2, 0) is 0 Å². The number of nitriles is 1. The molecule has 0 radical (unpaired) electrons. The minimum absolute atomic E-state index is 0.169. The molecule has 0 aliphatic heterocycles. The Morgan fingerprint density at radius 1 is 1.10 bits per heavy atom. The number of alkyl halides is 3. The van der Waals surface area contributed by atoms with Crippen LogP contribution in [0, 0.1) is 18.3 Å². The van der Waals surface area contributed by atoms with E-state index in [4.69, 9.17) is 4.42 Å². The molecule has 146 valence electrons. The van der Waals surface area contributed by atoms with Crippen molar-refractivity contribution in [1.82, 2.24) is 0 Å². The van der Waals surface area contributed by atoms with Crippen molar-refractivity contribution < 1.29 is 27.1 Å². The molecule has 3 aromatic rings. The zero-order chi connectivity index (χ0) is 21.0. The molecule has 0 amide bonds. The van der Waals surface area contributed by atoms with Gasteiger partial charge in [0.1, 0.15) is 28.9 Å². The first kappa shape index (κ1) is 20.0. The molecule has 4 nitrogen and oxygen atoms in total. The lowest BCUT2D eigenvalue weighted by Crippen LogP contribution is -2.16. The Morgan fingerprint density at radius 2 is 1.76 bits per heavy atom. The van der Waals surface area contributed by atoms with E-state index in [0.29, 0.717) is 17.1 Å². The second kappa shape index (κ2) is 8.07. The number of nitrogens with zero attached hydrogens (tertiary/aromatic N) is 1. The summed E-state index contributed by atoms with van der Waals surface area (Å²) >= 11 is 0. The number of halogens is 3. The lowest BCUT2D eigenvalue weighted by Gasteiger charge is -2.08. The fourth-order valence-corrected chi connectivity index (χ4v) is 2.68. The maximum Gasteiger partial charge on any atom is 0.573 e. The molecule has 0 fully saturated rings. The Balaban J connectivity index is 1.86. The number of rotatable bonds is 5. The molecule has 0 saturated heterocycles. The van der Waals surface area contributed by atoms with E-state index in [2.05, 4.69) is 4.74 Å². The van der Waals surface area contributed by atoms with Gasteiger partial charge in [-0.3, -0.25) is 4.79 Å². The molecule has 7 heteroatoms. The molecule has 29 heavy (non-hydrogen) atoms. The van der Waals surface area contributed by atoms with Crippen molar-refractivity contribution in [1.29, 1.82) is 5.26 Å². The van der Waals surface area contributed by atoms with Crippen LogP contribution in [-0.4, -0.2) is 12.1 Å². The molecule has 0 spiro atoms. The molecule has 1 aromatic heterocycles. The zero-order valence-electron chi connectivity index (χ0n) is 15.2. The van der Waals surface area contributed by atoms with E-state index < -0.39 is 17.9 Å². The van der Waals surface area contributed by atoms with Gasteiger partial charge in [-0.2, -0.15) is 5.26 Å². The average molecular weight is 397 g/mol. The summed E-state index contributed by atoms with van der Waals surface area (Å²) in [5, 5.41) is 9.40. The molecule has 0 saturated carbocycles. The van der Waals surface area contributed by atoms with Crippen molar-refractivity contribution in [3.63, 3.8) is 0 Å². The molecule has 3 rings (SSSR count). The number of carbonyl (C=O) groups is 1. The number of Topliss-reactive ketones (excluding diaryl/α,β-unsaturated/α-hetero) is 1. The van der Waals surface area contributed by atoms with Crippen LogP contribution >= 0.6 is 0 Å². The van der Waals surface area contributed by atoms with E-state index in [1.807, 2.05) is 36.4 Å². The van der Waals surface area contributed by atoms with E-state index >= 15 is 0 Å². The van der Waals surface area contributed by atoms with Crippen LogP contribution in [0.4, 0.5) is 13.2 Å². The number of benzene rings is 2. The minimum atomic E-state index is -4.79. The number of aryl methyl sites for hydroxylation is 1. The first-order chi connectivity index (χ1) is 13.8. The molecule has 2 aromatic carbocycles. The van der Waals surface area contributed by atoms with Gasteiger partial charge in [0.15, 0.2) is 0 Å². The van der Waals surface area contributed by atoms with Crippen LogP contribution in [0.1, 0.15) is 21.7 Å². The van der Waals surface area contributed by atoms with E-state index in [1.54, 1.807) is 13.0 Å². The molecule has 0 aliphatic carbocycles. The van der Waals surface area contributed by atoms with Gasteiger partial charge >= 0.3 is 6.36 Å². The maximum absolute atomic E-state index is 12.8. The van der Waals surface area contributed by atoms with Crippen LogP contribution in [0.2, 0.25) is 0 Å². The average Bonchev–Trinajstić information content (AvgIpc) is 3.08. The molecule has 0 atom stereocenters. The fourth-order valence-electron chi connectivity index (χ4n) is 2.68. The SMILES string of the molecule is Cc1oc(-c2ccccc2)cc1C(=O)C(C#N)=Cc1ccc(OC(F)(F)F)cc1. The summed E-state index contributed by atoms with van der Waals surface area (Å²) < 4.78 is 46.1. The largest absolute Gasteiger partial charge is 0.573 e. The van der Waals surface area contributed by atoms with E-state index in [1.165, 1.54) is 18.2 Å². The third kappa shape index (κ3) is 4.93. The smallest absolute Gasteiger partial charge is 0.461 e. The Hall–Kier alpha value is -3.79. The summed E-state index contributed by atoms with van der Waals surface area (Å²) in [4.78, 5) is 12.8. The van der Waals surface area contributed by atoms with Gasteiger partial charge in [0.05, 0.1) is 5.56 Å². The maximum atomic E-state index is 12.8. The summed E-state index contributed by atoms with van der Waals surface area (Å²) in [5.41, 5.74) is 1.25. The normalized spacial score (nSPS) is 11.8. The van der Waals surface area contributed by atoms with Gasteiger partial charge in [-0.15, -0.1) is 13.2 Å². The van der Waals surface area contributed by atoms with Gasteiger partial charge in [-0.05, 0) is 36.8 Å². The van der Waals surface area contributed by atoms with Crippen molar-refractivity contribution in [3.05, 3.63) is 83.1 Å². The number of carbonyl (C=O) groups excluding carboxylic acids is 1. The summed E-state index contributed by atoms with van der Waals surface area (Å²) in [5.74, 6) is -0.0643. The number of furan rings is 1. The standard InChI is InChI=1S/C22H14F3NO3/c1-14-19(12-20(28-14)16-5-3-2-4-6-16)21(27)17(13-26)11-15-7-9-18(10-8-15)29-22(23,24)25/h2-12H,1H3. The number of ether oxygens (including phenoxy) is 1. The molecular weight excluding hydrogens is 383 g/mol. The number of hydrogen-bond acceptors (Lipinski definition) is 4. The number of hydrogen-bond donors (Lipinski definition) is 0. The highest BCUT2D eigenvalue weighted by Crippen LogP contribution is 2.28. The van der Waals surface area contributed by atoms with Gasteiger partial charge in [0, 0.05) is 5.56 Å². The Labute approximate surface area is 164 Å². The van der Waals surface area contributed by atoms with Crippen LogP contribution in [0.3, 0.4) is 0 Å². The first-order valence-corrected chi connectivity index (χ1v) is 8.45. The second-order valence-corrected chi connectivity index (χ2v) is 6.06. The Morgan fingerprint density at radius 3 is 2.34 bits per heavy atom. The van der Waals surface area contributed by atoms with Crippen molar-refractivity contribution in [2.24, 2.45) is 0 Å². The van der Waals surface area contributed by atoms with E-state index in [9.17, 15) is 23.2 Å². The second-order valence-electron chi connectivity index (χ2n) is 6.06. The highest BCUT2D eigenvalue weighted by Gasteiger charge is 2.31. The monoisotopic (exact) mass is 397 g/mol. The molecule has 0 N–H and O–H groups in total. The fraction of sp³-hybridized carbons (Fsp3) is 0.0909.